The predicted octanol–water partition coefficient (Wildman–Crippen LogP) is 1.16. The number of hydrogen-bond donors (Lipinski definition) is 1. The van der Waals surface area contributed by atoms with E-state index in [4.69, 9.17) is 4.74 Å². The summed E-state index contributed by atoms with van der Waals surface area (Å²) in [4.78, 5) is 8.84. The molecule has 126 valence electrons. The van der Waals surface area contributed by atoms with Crippen molar-refractivity contribution in [2.75, 3.05) is 31.6 Å². The van der Waals surface area contributed by atoms with Gasteiger partial charge >= 0.3 is 0 Å². The van der Waals surface area contributed by atoms with Gasteiger partial charge < -0.3 is 10.1 Å². The second-order valence-electron chi connectivity index (χ2n) is 6.57. The Morgan fingerprint density at radius 1 is 1.30 bits per heavy atom. The second kappa shape index (κ2) is 5.99. The summed E-state index contributed by atoms with van der Waals surface area (Å²) in [5.74, 6) is 2.03. The summed E-state index contributed by atoms with van der Waals surface area (Å²) >= 11 is 0. The largest absolute Gasteiger partial charge is 0.378 e. The van der Waals surface area contributed by atoms with E-state index < -0.39 is 16.1 Å². The predicted molar refractivity (Wildman–Crippen MR) is 85.5 cm³/mol. The molecule has 0 unspecified atom stereocenters. The zero-order chi connectivity index (χ0) is 15.9. The minimum absolute atomic E-state index is 0.223. The third kappa shape index (κ3) is 3.34. The highest BCUT2D eigenvalue weighted by Gasteiger charge is 2.45. The van der Waals surface area contributed by atoms with Crippen LogP contribution in [0.5, 0.6) is 0 Å². The van der Waals surface area contributed by atoms with Crippen molar-refractivity contribution >= 4 is 15.8 Å². The van der Waals surface area contributed by atoms with Crippen LogP contribution in [0.1, 0.15) is 37.5 Å². The maximum Gasteiger partial charge on any atom is 0.217 e. The standard InChI is InChI=1S/C15H22N4O3S/c20-23(21,12-3-4-12)19-7-8-22-10-13(19)15-16-6-5-14(18-15)17-9-11-1-2-11/h5-6,11-13H,1-4,7-10H2,(H,16,17,18)/t13-/m1/s1. The number of ether oxygens (including phenoxy) is 1. The summed E-state index contributed by atoms with van der Waals surface area (Å²) in [6.07, 6.45) is 5.75. The van der Waals surface area contributed by atoms with Crippen LogP contribution in [0.15, 0.2) is 12.3 Å². The molecule has 0 amide bonds. The summed E-state index contributed by atoms with van der Waals surface area (Å²) in [5, 5.41) is 3.09. The van der Waals surface area contributed by atoms with Crippen LogP contribution in [-0.2, 0) is 14.8 Å². The Hall–Kier alpha value is -1.25. The molecule has 0 radical (unpaired) electrons. The molecule has 2 heterocycles. The molecule has 4 rings (SSSR count). The van der Waals surface area contributed by atoms with Crippen LogP contribution in [0.3, 0.4) is 0 Å². The lowest BCUT2D eigenvalue weighted by molar-refractivity contribution is 0.0289. The monoisotopic (exact) mass is 338 g/mol. The first-order chi connectivity index (χ1) is 11.1. The zero-order valence-corrected chi connectivity index (χ0v) is 13.8. The molecule has 1 N–H and O–H groups in total. The molecule has 3 aliphatic rings. The molecule has 3 fully saturated rings. The van der Waals surface area contributed by atoms with Crippen molar-refractivity contribution in [3.8, 4) is 0 Å². The highest BCUT2D eigenvalue weighted by Crippen LogP contribution is 2.36. The van der Waals surface area contributed by atoms with Gasteiger partial charge in [-0.05, 0) is 37.7 Å². The summed E-state index contributed by atoms with van der Waals surface area (Å²) in [6.45, 7) is 2.05. The van der Waals surface area contributed by atoms with Gasteiger partial charge in [-0.25, -0.2) is 18.4 Å². The molecule has 1 aromatic heterocycles. The van der Waals surface area contributed by atoms with E-state index in [2.05, 4.69) is 15.3 Å². The minimum atomic E-state index is -3.26. The molecule has 0 aromatic carbocycles. The zero-order valence-electron chi connectivity index (χ0n) is 13.0. The van der Waals surface area contributed by atoms with Gasteiger partial charge in [0.1, 0.15) is 11.9 Å². The third-order valence-corrected chi connectivity index (χ3v) is 7.00. The normalized spacial score (nSPS) is 26.2. The van der Waals surface area contributed by atoms with Crippen LogP contribution in [-0.4, -0.2) is 54.2 Å². The highest BCUT2D eigenvalue weighted by molar-refractivity contribution is 7.90. The maximum atomic E-state index is 12.6. The fourth-order valence-corrected chi connectivity index (χ4v) is 4.81. The van der Waals surface area contributed by atoms with Crippen molar-refractivity contribution in [2.45, 2.75) is 37.0 Å². The SMILES string of the molecule is O=S(=O)(C1CC1)N1CCOC[C@@H]1c1nccc(NCC2CC2)n1. The van der Waals surface area contributed by atoms with E-state index in [1.165, 1.54) is 12.8 Å². The number of aromatic nitrogens is 2. The molecule has 0 bridgehead atoms. The molecule has 2 saturated carbocycles. The first kappa shape index (κ1) is 15.3. The van der Waals surface area contributed by atoms with Gasteiger partial charge in [-0.3, -0.25) is 0 Å². The highest BCUT2D eigenvalue weighted by atomic mass is 32.2. The molecule has 0 spiro atoms. The van der Waals surface area contributed by atoms with Gasteiger partial charge in [0.15, 0.2) is 5.82 Å². The first-order valence-electron chi connectivity index (χ1n) is 8.30. The Morgan fingerprint density at radius 2 is 2.13 bits per heavy atom. The number of nitrogens with zero attached hydrogens (tertiary/aromatic N) is 3. The fourth-order valence-electron chi connectivity index (χ4n) is 2.86. The molecule has 1 saturated heterocycles. The van der Waals surface area contributed by atoms with Crippen LogP contribution >= 0.6 is 0 Å². The number of nitrogens with one attached hydrogen (secondary N) is 1. The van der Waals surface area contributed by atoms with Gasteiger partial charge in [0.2, 0.25) is 10.0 Å². The van der Waals surface area contributed by atoms with Gasteiger partial charge in [0, 0.05) is 19.3 Å². The lowest BCUT2D eigenvalue weighted by Gasteiger charge is -2.33. The van der Waals surface area contributed by atoms with Crippen LogP contribution in [0.2, 0.25) is 0 Å². The molecule has 1 aromatic rings. The molecular formula is C15H22N4O3S. The van der Waals surface area contributed by atoms with Crippen molar-refractivity contribution in [1.82, 2.24) is 14.3 Å². The lowest BCUT2D eigenvalue weighted by atomic mass is 10.2. The number of hydrogen-bond acceptors (Lipinski definition) is 6. The van der Waals surface area contributed by atoms with Crippen LogP contribution in [0.25, 0.3) is 0 Å². The molecule has 23 heavy (non-hydrogen) atoms. The Balaban J connectivity index is 1.55. The minimum Gasteiger partial charge on any atom is -0.378 e. The smallest absolute Gasteiger partial charge is 0.217 e. The summed E-state index contributed by atoms with van der Waals surface area (Å²) < 4.78 is 32.3. The van der Waals surface area contributed by atoms with Crippen molar-refractivity contribution in [1.29, 1.82) is 0 Å². The van der Waals surface area contributed by atoms with E-state index in [0.29, 0.717) is 25.6 Å². The Bertz CT molecular complexity index is 673. The summed E-state index contributed by atoms with van der Waals surface area (Å²) in [5.41, 5.74) is 0. The first-order valence-corrected chi connectivity index (χ1v) is 9.80. The Kier molecular flexibility index (Phi) is 3.98. The van der Waals surface area contributed by atoms with Crippen LogP contribution in [0, 0.1) is 5.92 Å². The van der Waals surface area contributed by atoms with E-state index in [9.17, 15) is 8.42 Å². The van der Waals surface area contributed by atoms with E-state index in [-0.39, 0.29) is 5.25 Å². The second-order valence-corrected chi connectivity index (χ2v) is 8.74. The van der Waals surface area contributed by atoms with Crippen LogP contribution in [0.4, 0.5) is 5.82 Å². The van der Waals surface area contributed by atoms with Gasteiger partial charge in [-0.2, -0.15) is 4.31 Å². The quantitative estimate of drug-likeness (QED) is 0.838. The summed E-state index contributed by atoms with van der Waals surface area (Å²) in [7, 11) is -3.26. The molecule has 7 nitrogen and oxygen atoms in total. The Labute approximate surface area is 136 Å². The number of rotatable bonds is 6. The van der Waals surface area contributed by atoms with Crippen LogP contribution < -0.4 is 5.32 Å². The number of sulfonamides is 1. The average molecular weight is 338 g/mol. The van der Waals surface area contributed by atoms with Crippen molar-refractivity contribution in [3.05, 3.63) is 18.1 Å². The average Bonchev–Trinajstić information content (AvgIpc) is 3.46. The van der Waals surface area contributed by atoms with E-state index in [0.717, 1.165) is 31.1 Å². The van der Waals surface area contributed by atoms with Crippen molar-refractivity contribution in [3.63, 3.8) is 0 Å². The molecular weight excluding hydrogens is 316 g/mol. The van der Waals surface area contributed by atoms with Gasteiger partial charge in [-0.1, -0.05) is 0 Å². The van der Waals surface area contributed by atoms with Gasteiger partial charge in [-0.15, -0.1) is 0 Å². The van der Waals surface area contributed by atoms with E-state index in [1.807, 2.05) is 6.07 Å². The van der Waals surface area contributed by atoms with Gasteiger partial charge in [0.05, 0.1) is 18.5 Å². The third-order valence-electron chi connectivity index (χ3n) is 4.59. The van der Waals surface area contributed by atoms with Crippen molar-refractivity contribution < 1.29 is 13.2 Å². The summed E-state index contributed by atoms with van der Waals surface area (Å²) in [6, 6.07) is 1.41. The number of anilines is 1. The molecule has 1 atom stereocenters. The lowest BCUT2D eigenvalue weighted by Crippen LogP contribution is -2.45. The number of morpholine rings is 1. The Morgan fingerprint density at radius 3 is 2.87 bits per heavy atom. The molecule has 1 aliphatic heterocycles. The molecule has 2 aliphatic carbocycles. The van der Waals surface area contributed by atoms with Gasteiger partial charge in [0.25, 0.3) is 0 Å². The fraction of sp³-hybridized carbons (Fsp3) is 0.733. The maximum absolute atomic E-state index is 12.6. The topological polar surface area (TPSA) is 84.4 Å². The molecule has 8 heteroatoms. The van der Waals surface area contributed by atoms with E-state index in [1.54, 1.807) is 10.5 Å². The van der Waals surface area contributed by atoms with E-state index >= 15 is 0 Å². The van der Waals surface area contributed by atoms with Crippen molar-refractivity contribution in [2.24, 2.45) is 5.92 Å².